The van der Waals surface area contributed by atoms with Crippen molar-refractivity contribution in [3.8, 4) is 0 Å². The van der Waals surface area contributed by atoms with E-state index in [-0.39, 0.29) is 0 Å². The summed E-state index contributed by atoms with van der Waals surface area (Å²) in [6.45, 7) is 6.84. The van der Waals surface area contributed by atoms with Crippen molar-refractivity contribution >= 4 is 0 Å². The molecule has 0 aromatic carbocycles. The zero-order chi connectivity index (χ0) is 10.5. The fraction of sp³-hybridized carbons (Fsp3) is 1.00. The van der Waals surface area contributed by atoms with Gasteiger partial charge in [-0.25, -0.2) is 0 Å². The molecule has 13 heavy (non-hydrogen) atoms. The second kappa shape index (κ2) is 5.61. The quantitative estimate of drug-likeness (QED) is 0.683. The number of rotatable bonds is 6. The molecule has 0 fully saturated rings. The van der Waals surface area contributed by atoms with Gasteiger partial charge in [0.2, 0.25) is 0 Å². The standard InChI is InChI=1S/C11H26N2/c1-10(12-4)8-7-9-11(2,3)13(5)6/h10,12H,7-9H2,1-6H3. The Labute approximate surface area is 83.7 Å². The predicted octanol–water partition coefficient (Wildman–Crippen LogP) is 2.10. The topological polar surface area (TPSA) is 15.3 Å². The van der Waals surface area contributed by atoms with Crippen LogP contribution in [0.5, 0.6) is 0 Å². The van der Waals surface area contributed by atoms with Crippen molar-refractivity contribution in [2.24, 2.45) is 0 Å². The van der Waals surface area contributed by atoms with Crippen LogP contribution in [0.4, 0.5) is 0 Å². The van der Waals surface area contributed by atoms with Crippen LogP contribution in [0.3, 0.4) is 0 Å². The molecule has 0 aromatic rings. The van der Waals surface area contributed by atoms with Crippen molar-refractivity contribution in [1.82, 2.24) is 10.2 Å². The molecular formula is C11H26N2. The maximum absolute atomic E-state index is 3.27. The number of nitrogens with zero attached hydrogens (tertiary/aromatic N) is 1. The highest BCUT2D eigenvalue weighted by atomic mass is 15.1. The summed E-state index contributed by atoms with van der Waals surface area (Å²) in [4.78, 5) is 2.30. The summed E-state index contributed by atoms with van der Waals surface area (Å²) in [6, 6.07) is 0.651. The van der Waals surface area contributed by atoms with Crippen LogP contribution in [-0.2, 0) is 0 Å². The zero-order valence-electron chi connectivity index (χ0n) is 10.1. The molecule has 0 amide bonds. The van der Waals surface area contributed by atoms with E-state index in [0.29, 0.717) is 11.6 Å². The molecule has 0 bridgehead atoms. The van der Waals surface area contributed by atoms with Crippen LogP contribution in [0, 0.1) is 0 Å². The lowest BCUT2D eigenvalue weighted by Crippen LogP contribution is -2.38. The summed E-state index contributed by atoms with van der Waals surface area (Å²) in [5, 5.41) is 3.27. The average Bonchev–Trinajstić information content (AvgIpc) is 2.03. The fourth-order valence-electron chi connectivity index (χ4n) is 1.21. The molecule has 0 radical (unpaired) electrons. The van der Waals surface area contributed by atoms with Gasteiger partial charge in [-0.1, -0.05) is 6.42 Å². The van der Waals surface area contributed by atoms with Gasteiger partial charge in [-0.3, -0.25) is 0 Å². The highest BCUT2D eigenvalue weighted by molar-refractivity contribution is 4.77. The second-order valence-corrected chi connectivity index (χ2v) is 4.79. The zero-order valence-corrected chi connectivity index (χ0v) is 10.1. The van der Waals surface area contributed by atoms with Crippen molar-refractivity contribution in [3.63, 3.8) is 0 Å². The molecule has 1 unspecified atom stereocenters. The first kappa shape index (κ1) is 12.9. The van der Waals surface area contributed by atoms with Crippen LogP contribution in [0.2, 0.25) is 0 Å². The van der Waals surface area contributed by atoms with Crippen LogP contribution in [-0.4, -0.2) is 37.6 Å². The molecule has 0 aliphatic carbocycles. The Hall–Kier alpha value is -0.0800. The Balaban J connectivity index is 3.63. The lowest BCUT2D eigenvalue weighted by atomic mass is 9.95. The molecule has 1 N–H and O–H groups in total. The summed E-state index contributed by atoms with van der Waals surface area (Å²) < 4.78 is 0. The lowest BCUT2D eigenvalue weighted by Gasteiger charge is -2.32. The van der Waals surface area contributed by atoms with Crippen molar-refractivity contribution in [2.75, 3.05) is 21.1 Å². The molecule has 0 heterocycles. The fourth-order valence-corrected chi connectivity index (χ4v) is 1.21. The van der Waals surface area contributed by atoms with E-state index >= 15 is 0 Å². The molecule has 2 nitrogen and oxygen atoms in total. The largest absolute Gasteiger partial charge is 0.317 e. The molecule has 80 valence electrons. The van der Waals surface area contributed by atoms with Crippen molar-refractivity contribution < 1.29 is 0 Å². The number of hydrogen-bond donors (Lipinski definition) is 1. The summed E-state index contributed by atoms with van der Waals surface area (Å²) in [5.74, 6) is 0. The van der Waals surface area contributed by atoms with Gasteiger partial charge in [-0.05, 0) is 54.8 Å². The second-order valence-electron chi connectivity index (χ2n) is 4.79. The van der Waals surface area contributed by atoms with Gasteiger partial charge in [0.15, 0.2) is 0 Å². The van der Waals surface area contributed by atoms with Gasteiger partial charge in [0.1, 0.15) is 0 Å². The first-order chi connectivity index (χ1) is 5.90. The summed E-state index contributed by atoms with van der Waals surface area (Å²) in [6.07, 6.45) is 3.84. The van der Waals surface area contributed by atoms with E-state index in [2.05, 4.69) is 45.1 Å². The van der Waals surface area contributed by atoms with Crippen LogP contribution >= 0.6 is 0 Å². The van der Waals surface area contributed by atoms with Crippen molar-refractivity contribution in [3.05, 3.63) is 0 Å². The Kier molecular flexibility index (Phi) is 5.57. The van der Waals surface area contributed by atoms with E-state index in [1.54, 1.807) is 0 Å². The maximum Gasteiger partial charge on any atom is 0.0147 e. The molecule has 0 aromatic heterocycles. The predicted molar refractivity (Wildman–Crippen MR) is 60.1 cm³/mol. The van der Waals surface area contributed by atoms with Crippen LogP contribution in [0.15, 0.2) is 0 Å². The Morgan fingerprint density at radius 1 is 1.31 bits per heavy atom. The third-order valence-electron chi connectivity index (χ3n) is 3.13. The Bertz CT molecular complexity index is 130. The first-order valence-electron chi connectivity index (χ1n) is 5.25. The average molecular weight is 186 g/mol. The minimum Gasteiger partial charge on any atom is -0.317 e. The summed E-state index contributed by atoms with van der Waals surface area (Å²) in [5.41, 5.74) is 0.341. The third kappa shape index (κ3) is 5.27. The highest BCUT2D eigenvalue weighted by Crippen LogP contribution is 2.18. The van der Waals surface area contributed by atoms with Crippen LogP contribution in [0.25, 0.3) is 0 Å². The SMILES string of the molecule is CNC(C)CCCC(C)(C)N(C)C. The van der Waals surface area contributed by atoms with E-state index in [1.807, 2.05) is 7.05 Å². The first-order valence-corrected chi connectivity index (χ1v) is 5.25. The van der Waals surface area contributed by atoms with Crippen LogP contribution < -0.4 is 5.32 Å². The lowest BCUT2D eigenvalue weighted by molar-refractivity contribution is 0.176. The van der Waals surface area contributed by atoms with E-state index in [1.165, 1.54) is 19.3 Å². The highest BCUT2D eigenvalue weighted by Gasteiger charge is 2.19. The van der Waals surface area contributed by atoms with Crippen molar-refractivity contribution in [2.45, 2.75) is 51.6 Å². The molecule has 0 aliphatic heterocycles. The number of nitrogens with one attached hydrogen (secondary N) is 1. The van der Waals surface area contributed by atoms with Gasteiger partial charge >= 0.3 is 0 Å². The summed E-state index contributed by atoms with van der Waals surface area (Å²) >= 11 is 0. The molecule has 0 aliphatic rings. The van der Waals surface area contributed by atoms with Gasteiger partial charge in [-0.2, -0.15) is 0 Å². The van der Waals surface area contributed by atoms with E-state index in [0.717, 1.165) is 0 Å². The molecule has 0 saturated carbocycles. The minimum atomic E-state index is 0.341. The van der Waals surface area contributed by atoms with E-state index in [4.69, 9.17) is 0 Å². The Morgan fingerprint density at radius 3 is 2.23 bits per heavy atom. The maximum atomic E-state index is 3.27. The van der Waals surface area contributed by atoms with Gasteiger partial charge in [-0.15, -0.1) is 0 Å². The monoisotopic (exact) mass is 186 g/mol. The van der Waals surface area contributed by atoms with Gasteiger partial charge in [0.05, 0.1) is 0 Å². The summed E-state index contributed by atoms with van der Waals surface area (Å²) in [7, 11) is 6.34. The van der Waals surface area contributed by atoms with Crippen molar-refractivity contribution in [1.29, 1.82) is 0 Å². The minimum absolute atomic E-state index is 0.341. The number of hydrogen-bond acceptors (Lipinski definition) is 2. The van der Waals surface area contributed by atoms with E-state index < -0.39 is 0 Å². The molecular weight excluding hydrogens is 160 g/mol. The normalized spacial score (nSPS) is 15.0. The van der Waals surface area contributed by atoms with Crippen LogP contribution in [0.1, 0.15) is 40.0 Å². The van der Waals surface area contributed by atoms with Gasteiger partial charge in [0.25, 0.3) is 0 Å². The van der Waals surface area contributed by atoms with Gasteiger partial charge in [0, 0.05) is 11.6 Å². The Morgan fingerprint density at radius 2 is 1.85 bits per heavy atom. The molecule has 2 heteroatoms. The van der Waals surface area contributed by atoms with E-state index in [9.17, 15) is 0 Å². The smallest absolute Gasteiger partial charge is 0.0147 e. The molecule has 0 spiro atoms. The molecule has 0 saturated heterocycles. The van der Waals surface area contributed by atoms with Gasteiger partial charge < -0.3 is 10.2 Å². The molecule has 0 rings (SSSR count). The third-order valence-corrected chi connectivity index (χ3v) is 3.13. The molecule has 1 atom stereocenters.